The minimum absolute atomic E-state index is 0.564. The molecule has 1 aromatic heterocycles. The van der Waals surface area contributed by atoms with E-state index in [1.165, 1.54) is 37.1 Å². The average molecular weight is 303 g/mol. The van der Waals surface area contributed by atoms with Gasteiger partial charge in [-0.2, -0.15) is 0 Å². The number of hydrogen-bond donors (Lipinski definition) is 0. The Hall–Kier alpha value is -1.13. The molecule has 2 aliphatic rings. The highest BCUT2D eigenvalue weighted by Gasteiger charge is 2.28. The Labute approximate surface area is 134 Å². The molecular formula is C18H29N3O. The lowest BCUT2D eigenvalue weighted by Gasteiger charge is -2.30. The monoisotopic (exact) mass is 303 g/mol. The normalized spacial score (nSPS) is 23.5. The van der Waals surface area contributed by atoms with E-state index in [4.69, 9.17) is 9.72 Å². The number of anilines is 1. The first kappa shape index (κ1) is 15.8. The molecule has 122 valence electrons. The molecule has 0 aromatic carbocycles. The first-order valence-electron chi connectivity index (χ1n) is 8.68. The zero-order valence-electron chi connectivity index (χ0n) is 14.2. The van der Waals surface area contributed by atoms with E-state index < -0.39 is 0 Å². The number of nitrogens with zero attached hydrogens (tertiary/aromatic N) is 3. The molecule has 0 radical (unpaired) electrons. The molecule has 3 heterocycles. The fraction of sp³-hybridized carbons (Fsp3) is 0.722. The summed E-state index contributed by atoms with van der Waals surface area (Å²) in [4.78, 5) is 9.74. The highest BCUT2D eigenvalue weighted by molar-refractivity contribution is 5.44. The van der Waals surface area contributed by atoms with E-state index in [9.17, 15) is 0 Å². The minimum atomic E-state index is 0.564. The zero-order valence-corrected chi connectivity index (χ0v) is 14.2. The number of rotatable bonds is 4. The van der Waals surface area contributed by atoms with E-state index in [1.54, 1.807) is 0 Å². The molecule has 1 atom stereocenters. The molecule has 2 saturated heterocycles. The standard InChI is InChI=1S/C18H29N3O/c1-14(2)13-21-6-4-5-17(21)16-12-19-18(11-15(16)3)20-7-9-22-10-8-20/h11-12,14,17H,4-10,13H2,1-3H3. The van der Waals surface area contributed by atoms with Crippen LogP contribution < -0.4 is 4.90 Å². The highest BCUT2D eigenvalue weighted by Crippen LogP contribution is 2.34. The van der Waals surface area contributed by atoms with Gasteiger partial charge in [0.1, 0.15) is 5.82 Å². The van der Waals surface area contributed by atoms with Crippen LogP contribution in [0.1, 0.15) is 43.9 Å². The molecule has 0 spiro atoms. The molecule has 0 bridgehead atoms. The summed E-state index contributed by atoms with van der Waals surface area (Å²) in [6, 6.07) is 2.83. The van der Waals surface area contributed by atoms with Gasteiger partial charge in [0, 0.05) is 31.9 Å². The number of ether oxygens (including phenoxy) is 1. The minimum Gasteiger partial charge on any atom is -0.378 e. The maximum atomic E-state index is 5.43. The van der Waals surface area contributed by atoms with E-state index in [0.717, 1.165) is 38.0 Å². The second kappa shape index (κ2) is 6.97. The van der Waals surface area contributed by atoms with Crippen molar-refractivity contribution in [3.05, 3.63) is 23.4 Å². The van der Waals surface area contributed by atoms with Gasteiger partial charge in [0.2, 0.25) is 0 Å². The van der Waals surface area contributed by atoms with Gasteiger partial charge < -0.3 is 9.64 Å². The predicted octanol–water partition coefficient (Wildman–Crippen LogP) is 3.02. The van der Waals surface area contributed by atoms with Crippen LogP contribution in [0.15, 0.2) is 12.3 Å². The quantitative estimate of drug-likeness (QED) is 0.855. The van der Waals surface area contributed by atoms with Crippen molar-refractivity contribution in [3.8, 4) is 0 Å². The van der Waals surface area contributed by atoms with Gasteiger partial charge in [0.15, 0.2) is 0 Å². The second-order valence-electron chi connectivity index (χ2n) is 7.05. The third-order valence-corrected chi connectivity index (χ3v) is 4.79. The van der Waals surface area contributed by atoms with Crippen LogP contribution in [0, 0.1) is 12.8 Å². The second-order valence-corrected chi connectivity index (χ2v) is 7.05. The number of aryl methyl sites for hydroxylation is 1. The number of pyridine rings is 1. The van der Waals surface area contributed by atoms with Crippen LogP contribution in [0.3, 0.4) is 0 Å². The summed E-state index contributed by atoms with van der Waals surface area (Å²) < 4.78 is 5.43. The summed E-state index contributed by atoms with van der Waals surface area (Å²) in [5.74, 6) is 1.83. The Morgan fingerprint density at radius 2 is 2.05 bits per heavy atom. The van der Waals surface area contributed by atoms with E-state index in [-0.39, 0.29) is 0 Å². The number of morpholine rings is 1. The van der Waals surface area contributed by atoms with E-state index in [0.29, 0.717) is 6.04 Å². The molecule has 0 aliphatic carbocycles. The van der Waals surface area contributed by atoms with E-state index in [2.05, 4.69) is 42.8 Å². The van der Waals surface area contributed by atoms with Gasteiger partial charge in [-0.3, -0.25) is 4.90 Å². The fourth-order valence-corrected chi connectivity index (χ4v) is 3.73. The molecule has 1 unspecified atom stereocenters. The van der Waals surface area contributed by atoms with Gasteiger partial charge in [-0.05, 0) is 49.4 Å². The summed E-state index contributed by atoms with van der Waals surface area (Å²) in [7, 11) is 0. The highest BCUT2D eigenvalue weighted by atomic mass is 16.5. The molecule has 0 saturated carbocycles. The van der Waals surface area contributed by atoms with Crippen molar-refractivity contribution in [2.75, 3.05) is 44.3 Å². The molecular weight excluding hydrogens is 274 g/mol. The zero-order chi connectivity index (χ0) is 15.5. The van der Waals surface area contributed by atoms with Crippen LogP contribution >= 0.6 is 0 Å². The molecule has 2 aliphatic heterocycles. The van der Waals surface area contributed by atoms with Crippen molar-refractivity contribution in [3.63, 3.8) is 0 Å². The topological polar surface area (TPSA) is 28.6 Å². The SMILES string of the molecule is Cc1cc(N2CCOCC2)ncc1C1CCCN1CC(C)C. The van der Waals surface area contributed by atoms with Crippen LogP contribution in [-0.2, 0) is 4.74 Å². The Kier molecular flexibility index (Phi) is 4.99. The van der Waals surface area contributed by atoms with Crippen LogP contribution in [0.5, 0.6) is 0 Å². The first-order chi connectivity index (χ1) is 10.6. The number of hydrogen-bond acceptors (Lipinski definition) is 4. The lowest BCUT2D eigenvalue weighted by atomic mass is 10.0. The third kappa shape index (κ3) is 3.44. The third-order valence-electron chi connectivity index (χ3n) is 4.79. The molecule has 2 fully saturated rings. The van der Waals surface area contributed by atoms with E-state index in [1.807, 2.05) is 0 Å². The molecule has 3 rings (SSSR count). The van der Waals surface area contributed by atoms with Crippen LogP contribution in [0.2, 0.25) is 0 Å². The van der Waals surface area contributed by atoms with Crippen molar-refractivity contribution in [1.82, 2.24) is 9.88 Å². The summed E-state index contributed by atoms with van der Waals surface area (Å²) in [6.45, 7) is 12.8. The summed E-state index contributed by atoms with van der Waals surface area (Å²) in [6.07, 6.45) is 4.71. The number of aromatic nitrogens is 1. The van der Waals surface area contributed by atoms with Gasteiger partial charge in [0.25, 0.3) is 0 Å². The number of likely N-dealkylation sites (tertiary alicyclic amines) is 1. The Bertz CT molecular complexity index is 497. The Balaban J connectivity index is 1.76. The maximum Gasteiger partial charge on any atom is 0.128 e. The molecule has 0 N–H and O–H groups in total. The van der Waals surface area contributed by atoms with Gasteiger partial charge in [-0.1, -0.05) is 13.8 Å². The molecule has 22 heavy (non-hydrogen) atoms. The largest absolute Gasteiger partial charge is 0.378 e. The van der Waals surface area contributed by atoms with Gasteiger partial charge in [0.05, 0.1) is 13.2 Å². The van der Waals surface area contributed by atoms with Crippen molar-refractivity contribution >= 4 is 5.82 Å². The Morgan fingerprint density at radius 3 is 2.73 bits per heavy atom. The van der Waals surface area contributed by atoms with E-state index >= 15 is 0 Å². The predicted molar refractivity (Wildman–Crippen MR) is 90.4 cm³/mol. The molecule has 4 heteroatoms. The van der Waals surface area contributed by atoms with Gasteiger partial charge >= 0.3 is 0 Å². The smallest absolute Gasteiger partial charge is 0.128 e. The molecule has 4 nitrogen and oxygen atoms in total. The Morgan fingerprint density at radius 1 is 1.27 bits per heavy atom. The first-order valence-corrected chi connectivity index (χ1v) is 8.68. The lowest BCUT2D eigenvalue weighted by molar-refractivity contribution is 0.122. The summed E-state index contributed by atoms with van der Waals surface area (Å²) >= 11 is 0. The van der Waals surface area contributed by atoms with Crippen molar-refractivity contribution in [2.24, 2.45) is 5.92 Å². The lowest BCUT2D eigenvalue weighted by Crippen LogP contribution is -2.36. The van der Waals surface area contributed by atoms with Crippen LogP contribution in [0.4, 0.5) is 5.82 Å². The molecule has 0 amide bonds. The van der Waals surface area contributed by atoms with Crippen molar-refractivity contribution < 1.29 is 4.74 Å². The summed E-state index contributed by atoms with van der Waals surface area (Å²) in [5.41, 5.74) is 2.81. The fourth-order valence-electron chi connectivity index (χ4n) is 3.73. The van der Waals surface area contributed by atoms with Crippen molar-refractivity contribution in [1.29, 1.82) is 0 Å². The average Bonchev–Trinajstić information content (AvgIpc) is 2.95. The van der Waals surface area contributed by atoms with Crippen LogP contribution in [0.25, 0.3) is 0 Å². The van der Waals surface area contributed by atoms with Gasteiger partial charge in [-0.15, -0.1) is 0 Å². The molecule has 1 aromatic rings. The van der Waals surface area contributed by atoms with Gasteiger partial charge in [-0.25, -0.2) is 4.98 Å². The maximum absolute atomic E-state index is 5.43. The van der Waals surface area contributed by atoms with Crippen molar-refractivity contribution in [2.45, 2.75) is 39.7 Å². The van der Waals surface area contributed by atoms with Crippen LogP contribution in [-0.4, -0.2) is 49.3 Å². The summed E-state index contributed by atoms with van der Waals surface area (Å²) in [5, 5.41) is 0.